The number of carbonyl (C=O) groups is 2. The molecule has 2 amide bonds. The maximum Gasteiger partial charge on any atom is 0.250 e. The fourth-order valence-electron chi connectivity index (χ4n) is 1.71. The van der Waals surface area contributed by atoms with Crippen LogP contribution >= 0.6 is 0 Å². The molecular formula is C13H19N3O2. The predicted molar refractivity (Wildman–Crippen MR) is 71.3 cm³/mol. The molecule has 0 fully saturated rings. The fraction of sp³-hybridized carbons (Fsp3) is 0.385. The van der Waals surface area contributed by atoms with Crippen LogP contribution in [0, 0.1) is 0 Å². The van der Waals surface area contributed by atoms with E-state index in [0.717, 1.165) is 6.54 Å². The topological polar surface area (TPSA) is 84.2 Å². The van der Waals surface area contributed by atoms with Gasteiger partial charge in [0, 0.05) is 12.5 Å². The van der Waals surface area contributed by atoms with Gasteiger partial charge in [-0.15, -0.1) is 0 Å². The van der Waals surface area contributed by atoms with Gasteiger partial charge in [0.15, 0.2) is 0 Å². The van der Waals surface area contributed by atoms with Gasteiger partial charge in [-0.25, -0.2) is 0 Å². The zero-order valence-corrected chi connectivity index (χ0v) is 10.7. The van der Waals surface area contributed by atoms with Gasteiger partial charge in [-0.2, -0.15) is 0 Å². The number of primary amides is 1. The van der Waals surface area contributed by atoms with Crippen LogP contribution in [0.3, 0.4) is 0 Å². The minimum Gasteiger partial charge on any atom is -0.366 e. The summed E-state index contributed by atoms with van der Waals surface area (Å²) in [5.74, 6) is -0.692. The number of nitrogens with two attached hydrogens (primary N) is 1. The Morgan fingerprint density at radius 2 is 2.00 bits per heavy atom. The Balaban J connectivity index is 2.67. The molecule has 0 aliphatic carbocycles. The first-order valence-electron chi connectivity index (χ1n) is 5.96. The molecule has 0 aromatic heterocycles. The second-order valence-corrected chi connectivity index (χ2v) is 4.12. The van der Waals surface area contributed by atoms with Gasteiger partial charge in [-0.05, 0) is 25.6 Å². The zero-order valence-electron chi connectivity index (χ0n) is 10.7. The average Bonchev–Trinajstić information content (AvgIpc) is 2.29. The molecule has 0 heterocycles. The van der Waals surface area contributed by atoms with E-state index in [1.54, 1.807) is 24.3 Å². The van der Waals surface area contributed by atoms with E-state index in [4.69, 9.17) is 5.73 Å². The van der Waals surface area contributed by atoms with E-state index in [1.165, 1.54) is 0 Å². The van der Waals surface area contributed by atoms with Crippen molar-refractivity contribution in [3.05, 3.63) is 29.8 Å². The van der Waals surface area contributed by atoms with Crippen molar-refractivity contribution < 1.29 is 9.59 Å². The molecule has 0 aliphatic heterocycles. The van der Waals surface area contributed by atoms with Crippen molar-refractivity contribution in [2.24, 2.45) is 5.73 Å². The number of rotatable bonds is 6. The van der Waals surface area contributed by atoms with E-state index in [0.29, 0.717) is 17.7 Å². The predicted octanol–water partition coefficient (Wildman–Crippen LogP) is 1.11. The largest absolute Gasteiger partial charge is 0.366 e. The maximum absolute atomic E-state index is 11.8. The van der Waals surface area contributed by atoms with E-state index < -0.39 is 5.91 Å². The third-order valence-corrected chi connectivity index (χ3v) is 2.51. The normalized spacial score (nSPS) is 11.9. The summed E-state index contributed by atoms with van der Waals surface area (Å²) in [6, 6.07) is 6.80. The number of amides is 2. The van der Waals surface area contributed by atoms with E-state index in [2.05, 4.69) is 10.6 Å². The molecule has 0 saturated carbocycles. The first kappa shape index (κ1) is 14.2. The van der Waals surface area contributed by atoms with Crippen molar-refractivity contribution >= 4 is 17.5 Å². The number of hydrogen-bond acceptors (Lipinski definition) is 3. The van der Waals surface area contributed by atoms with Gasteiger partial charge in [0.1, 0.15) is 0 Å². The van der Waals surface area contributed by atoms with Crippen LogP contribution in [0.5, 0.6) is 0 Å². The van der Waals surface area contributed by atoms with Gasteiger partial charge in [0.05, 0.1) is 11.3 Å². The smallest absolute Gasteiger partial charge is 0.250 e. The highest BCUT2D eigenvalue weighted by Gasteiger charge is 2.12. The molecule has 5 nitrogen and oxygen atoms in total. The van der Waals surface area contributed by atoms with Crippen molar-refractivity contribution in [2.75, 3.05) is 11.9 Å². The highest BCUT2D eigenvalue weighted by molar-refractivity contribution is 6.03. The van der Waals surface area contributed by atoms with Gasteiger partial charge in [-0.3, -0.25) is 9.59 Å². The Bertz CT molecular complexity index is 432. The highest BCUT2D eigenvalue weighted by Crippen LogP contribution is 2.14. The Kier molecular flexibility index (Phi) is 5.32. The summed E-state index contributed by atoms with van der Waals surface area (Å²) in [5, 5.41) is 5.85. The second-order valence-electron chi connectivity index (χ2n) is 4.12. The van der Waals surface area contributed by atoms with Crippen molar-refractivity contribution in [1.82, 2.24) is 5.32 Å². The standard InChI is InChI=1S/C13H19N3O2/c1-3-15-9(2)8-12(17)16-11-7-5-4-6-10(11)13(14)18/h4-7,9,15H,3,8H2,1-2H3,(H2,14,18)(H,16,17). The Hall–Kier alpha value is -1.88. The van der Waals surface area contributed by atoms with Gasteiger partial charge < -0.3 is 16.4 Å². The summed E-state index contributed by atoms with van der Waals surface area (Å²) >= 11 is 0. The number of nitrogens with one attached hydrogen (secondary N) is 2. The van der Waals surface area contributed by atoms with Crippen molar-refractivity contribution in [1.29, 1.82) is 0 Å². The summed E-state index contributed by atoms with van der Waals surface area (Å²) in [6.45, 7) is 4.73. The average molecular weight is 249 g/mol. The number of para-hydroxylation sites is 1. The van der Waals surface area contributed by atoms with Crippen LogP contribution in [-0.4, -0.2) is 24.4 Å². The lowest BCUT2D eigenvalue weighted by atomic mass is 10.1. The first-order chi connectivity index (χ1) is 8.54. The van der Waals surface area contributed by atoms with Gasteiger partial charge in [0.25, 0.3) is 5.91 Å². The molecule has 0 spiro atoms. The van der Waals surface area contributed by atoms with E-state index in [-0.39, 0.29) is 11.9 Å². The molecule has 0 bridgehead atoms. The lowest BCUT2D eigenvalue weighted by Gasteiger charge is -2.13. The van der Waals surface area contributed by atoms with Crippen molar-refractivity contribution in [3.63, 3.8) is 0 Å². The van der Waals surface area contributed by atoms with Gasteiger partial charge in [0.2, 0.25) is 5.91 Å². The molecule has 0 saturated heterocycles. The molecule has 98 valence electrons. The van der Waals surface area contributed by atoms with E-state index in [9.17, 15) is 9.59 Å². The monoisotopic (exact) mass is 249 g/mol. The lowest BCUT2D eigenvalue weighted by Crippen LogP contribution is -2.30. The first-order valence-corrected chi connectivity index (χ1v) is 5.96. The Morgan fingerprint density at radius 1 is 1.33 bits per heavy atom. The summed E-state index contributed by atoms with van der Waals surface area (Å²) in [7, 11) is 0. The van der Waals surface area contributed by atoms with Crippen molar-refractivity contribution in [2.45, 2.75) is 26.3 Å². The zero-order chi connectivity index (χ0) is 13.5. The third-order valence-electron chi connectivity index (χ3n) is 2.51. The SMILES string of the molecule is CCNC(C)CC(=O)Nc1ccccc1C(N)=O. The molecule has 1 aromatic carbocycles. The molecule has 1 atom stereocenters. The van der Waals surface area contributed by atoms with Crippen LogP contribution in [0.2, 0.25) is 0 Å². The summed E-state index contributed by atoms with van der Waals surface area (Å²) < 4.78 is 0. The number of anilines is 1. The lowest BCUT2D eigenvalue weighted by molar-refractivity contribution is -0.116. The molecule has 4 N–H and O–H groups in total. The molecule has 1 rings (SSSR count). The third kappa shape index (κ3) is 4.18. The minimum atomic E-state index is -0.550. The Labute approximate surface area is 107 Å². The highest BCUT2D eigenvalue weighted by atomic mass is 16.2. The fourth-order valence-corrected chi connectivity index (χ4v) is 1.71. The number of hydrogen-bond donors (Lipinski definition) is 3. The maximum atomic E-state index is 11.8. The molecule has 18 heavy (non-hydrogen) atoms. The van der Waals surface area contributed by atoms with Crippen LogP contribution in [0.1, 0.15) is 30.6 Å². The molecule has 5 heteroatoms. The number of carbonyl (C=O) groups excluding carboxylic acids is 2. The van der Waals surface area contributed by atoms with Crippen LogP contribution in [0.4, 0.5) is 5.69 Å². The Morgan fingerprint density at radius 3 is 2.61 bits per heavy atom. The van der Waals surface area contributed by atoms with E-state index in [1.807, 2.05) is 13.8 Å². The van der Waals surface area contributed by atoms with Crippen LogP contribution in [0.15, 0.2) is 24.3 Å². The molecule has 0 radical (unpaired) electrons. The van der Waals surface area contributed by atoms with Gasteiger partial charge >= 0.3 is 0 Å². The van der Waals surface area contributed by atoms with Crippen LogP contribution in [0.25, 0.3) is 0 Å². The molecular weight excluding hydrogens is 230 g/mol. The van der Waals surface area contributed by atoms with Crippen molar-refractivity contribution in [3.8, 4) is 0 Å². The summed E-state index contributed by atoms with van der Waals surface area (Å²) in [6.07, 6.45) is 0.348. The van der Waals surface area contributed by atoms with Crippen LogP contribution < -0.4 is 16.4 Å². The minimum absolute atomic E-state index is 0.0933. The molecule has 0 aliphatic rings. The summed E-state index contributed by atoms with van der Waals surface area (Å²) in [5.41, 5.74) is 6.02. The van der Waals surface area contributed by atoms with Crippen LogP contribution in [-0.2, 0) is 4.79 Å². The second kappa shape index (κ2) is 6.76. The summed E-state index contributed by atoms with van der Waals surface area (Å²) in [4.78, 5) is 23.0. The number of benzene rings is 1. The van der Waals surface area contributed by atoms with E-state index >= 15 is 0 Å². The molecule has 1 aromatic rings. The molecule has 1 unspecified atom stereocenters. The quantitative estimate of drug-likeness (QED) is 0.706. The van der Waals surface area contributed by atoms with Gasteiger partial charge in [-0.1, -0.05) is 19.1 Å².